The molecule has 1 atom stereocenters. The third kappa shape index (κ3) is 4.26. The summed E-state index contributed by atoms with van der Waals surface area (Å²) in [5.41, 5.74) is 0.798. The molecule has 3 heterocycles. The molecule has 2 aromatic rings. The fourth-order valence-corrected chi connectivity index (χ4v) is 4.07. The Morgan fingerprint density at radius 2 is 2.07 bits per heavy atom. The van der Waals surface area contributed by atoms with Crippen molar-refractivity contribution >= 4 is 29.3 Å². The predicted molar refractivity (Wildman–Crippen MR) is 103 cm³/mol. The Hall–Kier alpha value is -2.65. The number of thioether (sulfide) groups is 1. The highest BCUT2D eigenvalue weighted by molar-refractivity contribution is 8.00. The highest BCUT2D eigenvalue weighted by Crippen LogP contribution is 2.34. The summed E-state index contributed by atoms with van der Waals surface area (Å²) in [4.78, 5) is 37.6. The lowest BCUT2D eigenvalue weighted by Gasteiger charge is -2.35. The lowest BCUT2D eigenvalue weighted by atomic mass is 10.2. The molecule has 2 aliphatic heterocycles. The van der Waals surface area contributed by atoms with E-state index in [1.807, 2.05) is 24.3 Å². The summed E-state index contributed by atoms with van der Waals surface area (Å²) in [5, 5.41) is 0. The van der Waals surface area contributed by atoms with Crippen molar-refractivity contribution < 1.29 is 19.1 Å². The molecular formula is C19H20N4O4S. The Bertz CT molecular complexity index is 851. The summed E-state index contributed by atoms with van der Waals surface area (Å²) in [5.74, 6) is 0.201. The molecule has 1 saturated heterocycles. The Morgan fingerprint density at radius 3 is 2.93 bits per heavy atom. The third-order valence-corrected chi connectivity index (χ3v) is 5.58. The van der Waals surface area contributed by atoms with Gasteiger partial charge in [-0.1, -0.05) is 12.1 Å². The Kier molecular flexibility index (Phi) is 5.73. The van der Waals surface area contributed by atoms with E-state index >= 15 is 0 Å². The molecule has 0 N–H and O–H groups in total. The SMILES string of the molecule is O=C(CN1C(=O)CSc2ccccc21)N1CCOC(COc2ncccn2)C1. The minimum absolute atomic E-state index is 0.0335. The molecule has 0 bridgehead atoms. The number of carbonyl (C=O) groups is 2. The topological polar surface area (TPSA) is 84.9 Å². The number of benzene rings is 1. The average molecular weight is 400 g/mol. The molecule has 0 aliphatic carbocycles. The van der Waals surface area contributed by atoms with E-state index in [0.29, 0.717) is 25.4 Å². The number of fused-ring (bicyclic) bond motifs is 1. The van der Waals surface area contributed by atoms with Crippen LogP contribution >= 0.6 is 11.8 Å². The molecule has 2 aliphatic rings. The van der Waals surface area contributed by atoms with E-state index in [2.05, 4.69) is 9.97 Å². The maximum absolute atomic E-state index is 12.8. The van der Waals surface area contributed by atoms with Crippen molar-refractivity contribution in [2.24, 2.45) is 0 Å². The Morgan fingerprint density at radius 1 is 1.25 bits per heavy atom. The number of aromatic nitrogens is 2. The maximum atomic E-state index is 12.8. The van der Waals surface area contributed by atoms with E-state index in [0.717, 1.165) is 10.6 Å². The van der Waals surface area contributed by atoms with Gasteiger partial charge in [-0.15, -0.1) is 11.8 Å². The van der Waals surface area contributed by atoms with Gasteiger partial charge in [0.05, 0.1) is 24.6 Å². The summed E-state index contributed by atoms with van der Waals surface area (Å²) in [6.07, 6.45) is 2.94. The summed E-state index contributed by atoms with van der Waals surface area (Å²) in [6, 6.07) is 9.65. The van der Waals surface area contributed by atoms with Crippen molar-refractivity contribution in [1.29, 1.82) is 0 Å². The maximum Gasteiger partial charge on any atom is 0.316 e. The van der Waals surface area contributed by atoms with Gasteiger partial charge in [-0.3, -0.25) is 9.59 Å². The first-order chi connectivity index (χ1) is 13.7. The summed E-state index contributed by atoms with van der Waals surface area (Å²) in [6.45, 7) is 1.62. The van der Waals surface area contributed by atoms with E-state index in [4.69, 9.17) is 9.47 Å². The molecule has 2 amide bonds. The highest BCUT2D eigenvalue weighted by atomic mass is 32.2. The molecule has 1 fully saturated rings. The molecule has 9 heteroatoms. The number of nitrogens with zero attached hydrogens (tertiary/aromatic N) is 4. The van der Waals surface area contributed by atoms with Crippen LogP contribution in [0.25, 0.3) is 0 Å². The molecule has 1 aromatic carbocycles. The molecule has 28 heavy (non-hydrogen) atoms. The molecule has 0 radical (unpaired) electrons. The molecule has 0 saturated carbocycles. The first-order valence-electron chi connectivity index (χ1n) is 9.02. The van der Waals surface area contributed by atoms with Crippen LogP contribution in [0.5, 0.6) is 6.01 Å². The molecule has 1 unspecified atom stereocenters. The minimum atomic E-state index is -0.263. The van der Waals surface area contributed by atoms with Crippen LogP contribution in [-0.2, 0) is 14.3 Å². The summed E-state index contributed by atoms with van der Waals surface area (Å²) >= 11 is 1.50. The number of amides is 2. The Balaban J connectivity index is 1.36. The molecule has 1 aromatic heterocycles. The van der Waals surface area contributed by atoms with Gasteiger partial charge < -0.3 is 19.3 Å². The van der Waals surface area contributed by atoms with Crippen molar-refractivity contribution in [1.82, 2.24) is 14.9 Å². The third-order valence-electron chi connectivity index (χ3n) is 4.53. The van der Waals surface area contributed by atoms with E-state index < -0.39 is 0 Å². The smallest absolute Gasteiger partial charge is 0.316 e. The number of ether oxygens (including phenoxy) is 2. The second-order valence-corrected chi connectivity index (χ2v) is 7.43. The van der Waals surface area contributed by atoms with Gasteiger partial charge >= 0.3 is 6.01 Å². The summed E-state index contributed by atoms with van der Waals surface area (Å²) < 4.78 is 11.2. The zero-order valence-corrected chi connectivity index (χ0v) is 16.0. The lowest BCUT2D eigenvalue weighted by molar-refractivity contribution is -0.139. The molecule has 8 nitrogen and oxygen atoms in total. The van der Waals surface area contributed by atoms with Crippen molar-refractivity contribution in [2.75, 3.05) is 43.5 Å². The lowest BCUT2D eigenvalue weighted by Crippen LogP contribution is -2.51. The molecule has 4 rings (SSSR count). The van der Waals surface area contributed by atoms with Gasteiger partial charge in [0.2, 0.25) is 11.8 Å². The van der Waals surface area contributed by atoms with Gasteiger partial charge in [-0.2, -0.15) is 0 Å². The second kappa shape index (κ2) is 8.57. The first-order valence-corrected chi connectivity index (χ1v) is 10.0. The monoisotopic (exact) mass is 400 g/mol. The average Bonchev–Trinajstić information content (AvgIpc) is 2.75. The predicted octanol–water partition coefficient (Wildman–Crippen LogP) is 1.22. The van der Waals surface area contributed by atoms with E-state index in [1.165, 1.54) is 11.8 Å². The number of anilines is 1. The number of morpholine rings is 1. The first kappa shape index (κ1) is 18.7. The van der Waals surface area contributed by atoms with E-state index in [1.54, 1.807) is 28.3 Å². The number of para-hydroxylation sites is 1. The van der Waals surface area contributed by atoms with Gasteiger partial charge in [-0.25, -0.2) is 9.97 Å². The fraction of sp³-hybridized carbons (Fsp3) is 0.368. The number of hydrogen-bond acceptors (Lipinski definition) is 7. The van der Waals surface area contributed by atoms with Crippen LogP contribution in [0, 0.1) is 0 Å². The van der Waals surface area contributed by atoms with E-state index in [-0.39, 0.29) is 37.1 Å². The van der Waals surface area contributed by atoms with E-state index in [9.17, 15) is 9.59 Å². The van der Waals surface area contributed by atoms with Crippen LogP contribution < -0.4 is 9.64 Å². The van der Waals surface area contributed by atoms with Crippen LogP contribution in [0.15, 0.2) is 47.6 Å². The van der Waals surface area contributed by atoms with Gasteiger partial charge in [0, 0.05) is 23.8 Å². The van der Waals surface area contributed by atoms with Crippen LogP contribution in [0.2, 0.25) is 0 Å². The number of rotatable bonds is 5. The molecule has 0 spiro atoms. The van der Waals surface area contributed by atoms with Crippen molar-refractivity contribution in [3.63, 3.8) is 0 Å². The molecular weight excluding hydrogens is 380 g/mol. The zero-order chi connectivity index (χ0) is 19.3. The minimum Gasteiger partial charge on any atom is -0.461 e. The van der Waals surface area contributed by atoms with Crippen LogP contribution in [0.1, 0.15) is 0 Å². The van der Waals surface area contributed by atoms with Gasteiger partial charge in [-0.05, 0) is 18.2 Å². The largest absolute Gasteiger partial charge is 0.461 e. The zero-order valence-electron chi connectivity index (χ0n) is 15.2. The number of carbonyl (C=O) groups excluding carboxylic acids is 2. The normalized spacial score (nSPS) is 19.3. The van der Waals surface area contributed by atoms with Gasteiger partial charge in [0.15, 0.2) is 0 Å². The highest BCUT2D eigenvalue weighted by Gasteiger charge is 2.30. The Labute approximate surface area is 166 Å². The quantitative estimate of drug-likeness (QED) is 0.746. The van der Waals surface area contributed by atoms with Gasteiger partial charge in [0.25, 0.3) is 0 Å². The van der Waals surface area contributed by atoms with Crippen molar-refractivity contribution in [3.8, 4) is 6.01 Å². The fourth-order valence-electron chi connectivity index (χ4n) is 3.14. The van der Waals surface area contributed by atoms with Crippen LogP contribution in [-0.4, -0.2) is 71.4 Å². The second-order valence-electron chi connectivity index (χ2n) is 6.41. The van der Waals surface area contributed by atoms with Crippen molar-refractivity contribution in [3.05, 3.63) is 42.7 Å². The van der Waals surface area contributed by atoms with Crippen LogP contribution in [0.3, 0.4) is 0 Å². The van der Waals surface area contributed by atoms with Crippen LogP contribution in [0.4, 0.5) is 5.69 Å². The number of hydrogen-bond donors (Lipinski definition) is 0. The summed E-state index contributed by atoms with van der Waals surface area (Å²) in [7, 11) is 0. The van der Waals surface area contributed by atoms with Crippen molar-refractivity contribution in [2.45, 2.75) is 11.0 Å². The molecule has 146 valence electrons. The van der Waals surface area contributed by atoms with Gasteiger partial charge in [0.1, 0.15) is 19.3 Å². The standard InChI is InChI=1S/C19H20N4O4S/c24-17(11-23-15-4-1-2-5-16(15)28-13-18(23)25)22-8-9-26-14(10-22)12-27-19-20-6-3-7-21-19/h1-7,14H,8-13H2.